The Kier molecular flexibility index (Phi) is 19.7. The van der Waals surface area contributed by atoms with Crippen molar-refractivity contribution in [3.05, 3.63) is 0 Å². The van der Waals surface area contributed by atoms with E-state index in [9.17, 15) is 8.42 Å². The van der Waals surface area contributed by atoms with Gasteiger partial charge in [0.15, 0.2) is 0 Å². The van der Waals surface area contributed by atoms with E-state index < -0.39 is 10.4 Å². The SMILES string of the molecule is CCCCCCCCC(CC)COS(=O)(=O)OCC(CC)CCCCCCCC. The molecule has 2 unspecified atom stereocenters. The summed E-state index contributed by atoms with van der Waals surface area (Å²) in [5, 5.41) is 0. The van der Waals surface area contributed by atoms with Crippen LogP contribution < -0.4 is 0 Å². The fourth-order valence-electron chi connectivity index (χ4n) is 3.63. The number of hydrogen-bond acceptors (Lipinski definition) is 4. The maximum absolute atomic E-state index is 12.1. The Hall–Kier alpha value is -0.130. The highest BCUT2D eigenvalue weighted by molar-refractivity contribution is 7.81. The molecule has 0 radical (unpaired) electrons. The second kappa shape index (κ2) is 19.8. The molecule has 4 nitrogen and oxygen atoms in total. The molecule has 0 saturated heterocycles. The van der Waals surface area contributed by atoms with Crippen LogP contribution in [-0.4, -0.2) is 21.6 Å². The highest BCUT2D eigenvalue weighted by Gasteiger charge is 2.18. The highest BCUT2D eigenvalue weighted by atomic mass is 32.3. The fraction of sp³-hybridized carbons (Fsp3) is 1.00. The second-order valence-electron chi connectivity index (χ2n) is 8.64. The summed E-state index contributed by atoms with van der Waals surface area (Å²) < 4.78 is 34.6. The summed E-state index contributed by atoms with van der Waals surface area (Å²) in [6.07, 6.45) is 19.1. The van der Waals surface area contributed by atoms with E-state index in [0.717, 1.165) is 38.5 Å². The van der Waals surface area contributed by atoms with Crippen LogP contribution in [0.4, 0.5) is 0 Å². The van der Waals surface area contributed by atoms with Crippen LogP contribution in [0.1, 0.15) is 130 Å². The van der Waals surface area contributed by atoms with Gasteiger partial charge in [-0.15, -0.1) is 0 Å². The van der Waals surface area contributed by atoms with E-state index in [2.05, 4.69) is 27.7 Å². The lowest BCUT2D eigenvalue weighted by atomic mass is 9.99. The van der Waals surface area contributed by atoms with Crippen LogP contribution in [0.2, 0.25) is 0 Å². The first kappa shape index (κ1) is 28.9. The van der Waals surface area contributed by atoms with Gasteiger partial charge >= 0.3 is 10.4 Å². The average molecular weight is 435 g/mol. The number of rotatable bonds is 22. The number of unbranched alkanes of at least 4 members (excludes halogenated alkanes) is 10. The van der Waals surface area contributed by atoms with Crippen molar-refractivity contribution in [2.75, 3.05) is 13.2 Å². The molecule has 176 valence electrons. The lowest BCUT2D eigenvalue weighted by Gasteiger charge is -2.17. The average Bonchev–Trinajstić information content (AvgIpc) is 2.71. The molecule has 0 N–H and O–H groups in total. The third-order valence-electron chi connectivity index (χ3n) is 5.98. The molecular weight excluding hydrogens is 384 g/mol. The molecular formula is C24H50O4S. The molecule has 0 spiro atoms. The molecule has 5 heteroatoms. The third kappa shape index (κ3) is 18.4. The summed E-state index contributed by atoms with van der Waals surface area (Å²) in [4.78, 5) is 0. The molecule has 0 aromatic heterocycles. The van der Waals surface area contributed by atoms with Crippen molar-refractivity contribution in [3.63, 3.8) is 0 Å². The van der Waals surface area contributed by atoms with E-state index in [1.165, 1.54) is 64.2 Å². The molecule has 29 heavy (non-hydrogen) atoms. The third-order valence-corrected chi connectivity index (χ3v) is 6.83. The van der Waals surface area contributed by atoms with Gasteiger partial charge in [0.2, 0.25) is 0 Å². The molecule has 0 aliphatic rings. The first-order chi connectivity index (χ1) is 14.0. The summed E-state index contributed by atoms with van der Waals surface area (Å²) in [5.41, 5.74) is 0. The van der Waals surface area contributed by atoms with Gasteiger partial charge in [-0.25, -0.2) is 8.37 Å². The van der Waals surface area contributed by atoms with Gasteiger partial charge in [-0.1, -0.05) is 118 Å². The van der Waals surface area contributed by atoms with Crippen LogP contribution >= 0.6 is 0 Å². The van der Waals surface area contributed by atoms with E-state index >= 15 is 0 Å². The maximum Gasteiger partial charge on any atom is 0.399 e. The Morgan fingerprint density at radius 3 is 1.24 bits per heavy atom. The topological polar surface area (TPSA) is 52.6 Å². The van der Waals surface area contributed by atoms with Crippen LogP contribution in [0, 0.1) is 11.8 Å². The second-order valence-corrected chi connectivity index (χ2v) is 9.93. The van der Waals surface area contributed by atoms with Crippen LogP contribution in [0.15, 0.2) is 0 Å². The zero-order valence-electron chi connectivity index (χ0n) is 19.9. The lowest BCUT2D eigenvalue weighted by molar-refractivity contribution is 0.160. The Morgan fingerprint density at radius 1 is 0.552 bits per heavy atom. The van der Waals surface area contributed by atoms with Crippen molar-refractivity contribution in [2.45, 2.75) is 130 Å². The monoisotopic (exact) mass is 434 g/mol. The molecule has 0 fully saturated rings. The first-order valence-corrected chi connectivity index (χ1v) is 13.9. The van der Waals surface area contributed by atoms with Gasteiger partial charge in [-0.05, 0) is 24.7 Å². The van der Waals surface area contributed by atoms with Crippen molar-refractivity contribution in [2.24, 2.45) is 11.8 Å². The largest absolute Gasteiger partial charge is 0.399 e. The van der Waals surface area contributed by atoms with Gasteiger partial charge < -0.3 is 0 Å². The Bertz CT molecular complexity index is 402. The molecule has 0 aliphatic carbocycles. The zero-order valence-corrected chi connectivity index (χ0v) is 20.7. The Morgan fingerprint density at radius 2 is 0.897 bits per heavy atom. The van der Waals surface area contributed by atoms with Gasteiger partial charge in [0.05, 0.1) is 13.2 Å². The molecule has 0 amide bonds. The molecule has 0 saturated carbocycles. The predicted molar refractivity (Wildman–Crippen MR) is 124 cm³/mol. The standard InChI is InChI=1S/C24H50O4S/c1-5-9-11-13-15-17-19-23(7-3)21-27-29(25,26)28-22-24(8-4)20-18-16-14-12-10-6-2/h23-24H,5-22H2,1-4H3. The molecule has 0 aliphatic heterocycles. The van der Waals surface area contributed by atoms with Gasteiger partial charge in [0.1, 0.15) is 0 Å². The molecule has 2 atom stereocenters. The van der Waals surface area contributed by atoms with Crippen LogP contribution in [0.5, 0.6) is 0 Å². The van der Waals surface area contributed by atoms with Crippen molar-refractivity contribution in [1.82, 2.24) is 0 Å². The Labute approximate surface area is 182 Å². The van der Waals surface area contributed by atoms with E-state index in [-0.39, 0.29) is 13.2 Å². The normalized spacial score (nSPS) is 14.2. The molecule has 0 heterocycles. The van der Waals surface area contributed by atoms with Gasteiger partial charge in [0.25, 0.3) is 0 Å². The minimum atomic E-state index is -3.88. The van der Waals surface area contributed by atoms with E-state index in [4.69, 9.17) is 8.37 Å². The molecule has 0 bridgehead atoms. The van der Waals surface area contributed by atoms with E-state index in [1.807, 2.05) is 0 Å². The Balaban J connectivity index is 3.99. The molecule has 0 rings (SSSR count). The summed E-state index contributed by atoms with van der Waals surface area (Å²) in [7, 11) is -3.88. The van der Waals surface area contributed by atoms with Crippen molar-refractivity contribution >= 4 is 10.4 Å². The van der Waals surface area contributed by atoms with Crippen LogP contribution in [0.3, 0.4) is 0 Å². The fourth-order valence-corrected chi connectivity index (χ4v) is 4.42. The summed E-state index contributed by atoms with van der Waals surface area (Å²) in [5.74, 6) is 0.592. The quantitative estimate of drug-likeness (QED) is 0.163. The smallest absolute Gasteiger partial charge is 0.248 e. The van der Waals surface area contributed by atoms with Crippen molar-refractivity contribution in [3.8, 4) is 0 Å². The first-order valence-electron chi connectivity index (χ1n) is 12.5. The van der Waals surface area contributed by atoms with Crippen LogP contribution in [0.25, 0.3) is 0 Å². The van der Waals surface area contributed by atoms with Crippen molar-refractivity contribution in [1.29, 1.82) is 0 Å². The molecule has 0 aromatic rings. The maximum atomic E-state index is 12.1. The number of hydrogen-bond donors (Lipinski definition) is 0. The van der Waals surface area contributed by atoms with Gasteiger partial charge in [-0.2, -0.15) is 8.42 Å². The summed E-state index contributed by atoms with van der Waals surface area (Å²) >= 11 is 0. The minimum absolute atomic E-state index is 0.252. The van der Waals surface area contributed by atoms with Crippen molar-refractivity contribution < 1.29 is 16.8 Å². The molecule has 0 aromatic carbocycles. The summed E-state index contributed by atoms with van der Waals surface area (Å²) in [6.45, 7) is 9.16. The minimum Gasteiger partial charge on any atom is -0.248 e. The van der Waals surface area contributed by atoms with E-state index in [0.29, 0.717) is 11.8 Å². The van der Waals surface area contributed by atoms with Crippen LogP contribution in [-0.2, 0) is 18.8 Å². The van der Waals surface area contributed by atoms with Gasteiger partial charge in [-0.3, -0.25) is 0 Å². The predicted octanol–water partition coefficient (Wildman–Crippen LogP) is 7.82. The van der Waals surface area contributed by atoms with Gasteiger partial charge in [0, 0.05) is 0 Å². The van der Waals surface area contributed by atoms with E-state index in [1.54, 1.807) is 0 Å². The summed E-state index contributed by atoms with van der Waals surface area (Å²) in [6, 6.07) is 0. The zero-order chi connectivity index (χ0) is 21.8. The lowest BCUT2D eigenvalue weighted by Crippen LogP contribution is -2.19. The highest BCUT2D eigenvalue weighted by Crippen LogP contribution is 2.19.